The van der Waals surface area contributed by atoms with E-state index in [0.717, 1.165) is 11.1 Å². The summed E-state index contributed by atoms with van der Waals surface area (Å²) >= 11 is 0. The molecule has 6 heteroatoms. The van der Waals surface area contributed by atoms with E-state index < -0.39 is 11.6 Å². The summed E-state index contributed by atoms with van der Waals surface area (Å²) < 4.78 is 21.1. The van der Waals surface area contributed by atoms with Gasteiger partial charge in [-0.2, -0.15) is 0 Å². The maximum atomic E-state index is 12.9. The molecule has 0 bridgehead atoms. The number of ketones is 2. The van der Waals surface area contributed by atoms with Crippen molar-refractivity contribution in [1.29, 1.82) is 0 Å². The zero-order valence-electron chi connectivity index (χ0n) is 18.6. The zero-order chi connectivity index (χ0) is 23.1. The summed E-state index contributed by atoms with van der Waals surface area (Å²) in [5, 5.41) is 0. The second-order valence-electron chi connectivity index (χ2n) is 7.18. The molecular formula is C26H26O6. The maximum Gasteiger partial charge on any atom is 0.233 e. The van der Waals surface area contributed by atoms with Gasteiger partial charge in [0.25, 0.3) is 0 Å². The zero-order valence-corrected chi connectivity index (χ0v) is 18.6. The Morgan fingerprint density at radius 1 is 0.531 bits per heavy atom. The van der Waals surface area contributed by atoms with Crippen LogP contribution in [0, 0.1) is 0 Å². The molecule has 0 spiro atoms. The van der Waals surface area contributed by atoms with Crippen LogP contribution < -0.4 is 18.9 Å². The highest BCUT2D eigenvalue weighted by atomic mass is 16.5. The third-order valence-corrected chi connectivity index (χ3v) is 5.14. The molecule has 0 atom stereocenters. The van der Waals surface area contributed by atoms with Gasteiger partial charge in [-0.1, -0.05) is 0 Å². The third kappa shape index (κ3) is 5.46. The van der Waals surface area contributed by atoms with Crippen LogP contribution in [0.25, 0.3) is 0 Å². The number of carbonyl (C=O) groups excluding carboxylic acids is 2. The quantitative estimate of drug-likeness (QED) is 0.344. The number of Topliss-reactive ketones (excluding diaryl/α,β-unsaturated/α-hetero) is 2. The molecule has 0 fully saturated rings. The fourth-order valence-electron chi connectivity index (χ4n) is 3.36. The second-order valence-corrected chi connectivity index (χ2v) is 7.18. The number of hydrogen-bond donors (Lipinski definition) is 0. The molecule has 3 rings (SSSR count). The van der Waals surface area contributed by atoms with Gasteiger partial charge >= 0.3 is 0 Å². The third-order valence-electron chi connectivity index (χ3n) is 5.14. The van der Waals surface area contributed by atoms with Gasteiger partial charge in [0.05, 0.1) is 28.4 Å². The first kappa shape index (κ1) is 22.9. The molecule has 3 aromatic rings. The van der Waals surface area contributed by atoms with E-state index in [9.17, 15) is 9.59 Å². The molecule has 0 aliphatic heterocycles. The van der Waals surface area contributed by atoms with Crippen LogP contribution >= 0.6 is 0 Å². The second kappa shape index (κ2) is 10.5. The van der Waals surface area contributed by atoms with Crippen LogP contribution in [0.4, 0.5) is 0 Å². The summed E-state index contributed by atoms with van der Waals surface area (Å²) in [6.07, 6.45) is 1.34. The fraction of sp³-hybridized carbons (Fsp3) is 0.231. The first-order valence-corrected chi connectivity index (χ1v) is 10.1. The van der Waals surface area contributed by atoms with E-state index in [4.69, 9.17) is 18.9 Å². The van der Waals surface area contributed by atoms with Gasteiger partial charge in [-0.15, -0.1) is 0 Å². The lowest BCUT2D eigenvalue weighted by Crippen LogP contribution is -2.15. The van der Waals surface area contributed by atoms with Crippen LogP contribution in [0.15, 0.2) is 60.7 Å². The number of benzene rings is 3. The van der Waals surface area contributed by atoms with E-state index in [1.54, 1.807) is 57.7 Å². The summed E-state index contributed by atoms with van der Waals surface area (Å²) in [4.78, 5) is 25.6. The van der Waals surface area contributed by atoms with Gasteiger partial charge in [-0.25, -0.2) is 0 Å². The molecule has 0 heterocycles. The average molecular weight is 434 g/mol. The first-order chi connectivity index (χ1) is 15.5. The molecule has 0 aliphatic rings. The molecule has 166 valence electrons. The lowest BCUT2D eigenvalue weighted by atomic mass is 9.97. The first-order valence-electron chi connectivity index (χ1n) is 10.1. The monoisotopic (exact) mass is 434 g/mol. The molecule has 0 aromatic heterocycles. The number of ether oxygens (including phenoxy) is 4. The molecule has 0 N–H and O–H groups in total. The van der Waals surface area contributed by atoms with Gasteiger partial charge in [0, 0.05) is 17.2 Å². The van der Waals surface area contributed by atoms with Crippen LogP contribution in [0.5, 0.6) is 23.0 Å². The van der Waals surface area contributed by atoms with E-state index in [-0.39, 0.29) is 0 Å². The highest BCUT2D eigenvalue weighted by Crippen LogP contribution is 2.25. The minimum atomic E-state index is -0.585. The van der Waals surface area contributed by atoms with Crippen LogP contribution in [-0.4, -0.2) is 40.0 Å². The van der Waals surface area contributed by atoms with E-state index >= 15 is 0 Å². The van der Waals surface area contributed by atoms with E-state index in [1.807, 2.05) is 24.3 Å². The summed E-state index contributed by atoms with van der Waals surface area (Å²) in [5.41, 5.74) is 2.52. The smallest absolute Gasteiger partial charge is 0.233 e. The number of carbonyl (C=O) groups is 2. The Labute approximate surface area is 187 Å². The Morgan fingerprint density at radius 3 is 1.47 bits per heavy atom. The molecule has 32 heavy (non-hydrogen) atoms. The van der Waals surface area contributed by atoms with Crippen molar-refractivity contribution in [3.63, 3.8) is 0 Å². The van der Waals surface area contributed by atoms with Crippen molar-refractivity contribution in [3.8, 4) is 23.0 Å². The van der Waals surface area contributed by atoms with Crippen LogP contribution in [-0.2, 0) is 12.8 Å². The van der Waals surface area contributed by atoms with Gasteiger partial charge in [-0.05, 0) is 78.6 Å². The van der Waals surface area contributed by atoms with Gasteiger partial charge in [-0.3, -0.25) is 9.59 Å². The van der Waals surface area contributed by atoms with Crippen molar-refractivity contribution < 1.29 is 28.5 Å². The van der Waals surface area contributed by atoms with Gasteiger partial charge in [0.1, 0.15) is 23.0 Å². The normalized spacial score (nSPS) is 10.4. The molecule has 0 radical (unpaired) electrons. The predicted molar refractivity (Wildman–Crippen MR) is 122 cm³/mol. The summed E-state index contributed by atoms with van der Waals surface area (Å²) in [6.45, 7) is 0. The molecule has 0 saturated carbocycles. The van der Waals surface area contributed by atoms with Crippen molar-refractivity contribution in [1.82, 2.24) is 0 Å². The Kier molecular flexibility index (Phi) is 7.49. The van der Waals surface area contributed by atoms with E-state index in [1.165, 1.54) is 7.11 Å². The molecule has 3 aromatic carbocycles. The lowest BCUT2D eigenvalue weighted by Gasteiger charge is -2.11. The van der Waals surface area contributed by atoms with Crippen molar-refractivity contribution >= 4 is 11.6 Å². The van der Waals surface area contributed by atoms with Crippen LogP contribution in [0.1, 0.15) is 31.8 Å². The highest BCUT2D eigenvalue weighted by Gasteiger charge is 2.20. The van der Waals surface area contributed by atoms with Crippen molar-refractivity contribution in [3.05, 3.63) is 82.9 Å². The lowest BCUT2D eigenvalue weighted by molar-refractivity contribution is 0.0816. The van der Waals surface area contributed by atoms with Crippen molar-refractivity contribution in [2.45, 2.75) is 12.8 Å². The highest BCUT2D eigenvalue weighted by molar-refractivity contribution is 6.49. The van der Waals surface area contributed by atoms with E-state index in [0.29, 0.717) is 47.0 Å². The van der Waals surface area contributed by atoms with E-state index in [2.05, 4.69) is 0 Å². The Balaban J connectivity index is 1.82. The predicted octanol–water partition coefficient (Wildman–Crippen LogP) is 4.57. The summed E-state index contributed by atoms with van der Waals surface area (Å²) in [7, 11) is 6.30. The Morgan fingerprint density at radius 2 is 0.969 bits per heavy atom. The van der Waals surface area contributed by atoms with Crippen LogP contribution in [0.2, 0.25) is 0 Å². The number of methoxy groups -OCH3 is 4. The number of aryl methyl sites for hydroxylation is 2. The molecular weight excluding hydrogens is 408 g/mol. The average Bonchev–Trinajstić information content (AvgIpc) is 2.86. The minimum absolute atomic E-state index is 0.295. The van der Waals surface area contributed by atoms with Gasteiger partial charge < -0.3 is 18.9 Å². The topological polar surface area (TPSA) is 71.1 Å². The fourth-order valence-corrected chi connectivity index (χ4v) is 3.36. The SMILES string of the molecule is COc1ccc(C(=O)C(=O)c2cc(CCc3cc(OC)cc(OC)c3)cc(OC)c2)cc1. The number of hydrogen-bond acceptors (Lipinski definition) is 6. The summed E-state index contributed by atoms with van der Waals surface area (Å²) in [5.74, 6) is 1.41. The molecule has 0 saturated heterocycles. The number of rotatable bonds is 10. The molecule has 0 aliphatic carbocycles. The summed E-state index contributed by atoms with van der Waals surface area (Å²) in [6, 6.07) is 17.4. The molecule has 0 amide bonds. The standard InChI is InChI=1S/C26H26O6/c1-29-21-9-7-19(8-10-21)25(27)26(28)20-11-17(12-22(15-20)30-2)5-6-18-13-23(31-3)16-24(14-18)32-4/h7-16H,5-6H2,1-4H3. The minimum Gasteiger partial charge on any atom is -0.497 e. The Hall–Kier alpha value is -3.80. The van der Waals surface area contributed by atoms with Gasteiger partial charge in [0.2, 0.25) is 11.6 Å². The van der Waals surface area contributed by atoms with Crippen molar-refractivity contribution in [2.24, 2.45) is 0 Å². The Bertz CT molecular complexity index is 1080. The molecule has 6 nitrogen and oxygen atoms in total. The van der Waals surface area contributed by atoms with Crippen molar-refractivity contribution in [2.75, 3.05) is 28.4 Å². The molecule has 0 unspecified atom stereocenters. The van der Waals surface area contributed by atoms with Crippen LogP contribution in [0.3, 0.4) is 0 Å². The largest absolute Gasteiger partial charge is 0.497 e. The maximum absolute atomic E-state index is 12.9. The van der Waals surface area contributed by atoms with Gasteiger partial charge in [0.15, 0.2) is 0 Å².